The molecule has 0 fully saturated rings. The summed E-state index contributed by atoms with van der Waals surface area (Å²) in [4.78, 5) is 0. The Kier molecular flexibility index (Phi) is 5.25. The van der Waals surface area contributed by atoms with Crippen LogP contribution in [0.2, 0.25) is 0 Å². The molecule has 0 aliphatic heterocycles. The third-order valence-corrected chi connectivity index (χ3v) is 7.33. The van der Waals surface area contributed by atoms with Crippen LogP contribution in [0.1, 0.15) is 5.56 Å². The van der Waals surface area contributed by atoms with Crippen molar-refractivity contribution in [3.63, 3.8) is 0 Å². The van der Waals surface area contributed by atoms with Gasteiger partial charge in [-0.25, -0.2) is 0 Å². The SMILES string of the molecule is O=P(Cc1ccccc1OS(=O)(=O)F)(c1ccccc1)c1ccccc1. The van der Waals surface area contributed by atoms with E-state index in [1.54, 1.807) is 60.7 Å². The molecule has 0 saturated carbocycles. The van der Waals surface area contributed by atoms with Crippen LogP contribution in [-0.2, 0) is 21.2 Å². The molecule has 3 rings (SSSR count). The quantitative estimate of drug-likeness (QED) is 0.475. The first kappa shape index (κ1) is 18.4. The zero-order chi connectivity index (χ0) is 18.6. The van der Waals surface area contributed by atoms with Crippen molar-refractivity contribution >= 4 is 28.3 Å². The van der Waals surface area contributed by atoms with E-state index in [9.17, 15) is 16.9 Å². The highest BCUT2D eigenvalue weighted by Gasteiger charge is 2.29. The Labute approximate surface area is 152 Å². The molecular weight excluding hydrogens is 374 g/mol. The van der Waals surface area contributed by atoms with Crippen molar-refractivity contribution in [2.24, 2.45) is 0 Å². The molecular formula is C19H16FO4PS. The minimum absolute atomic E-state index is 0.00667. The van der Waals surface area contributed by atoms with Gasteiger partial charge < -0.3 is 8.75 Å². The highest BCUT2D eigenvalue weighted by atomic mass is 32.3. The molecule has 0 atom stereocenters. The van der Waals surface area contributed by atoms with Crippen LogP contribution in [0.4, 0.5) is 3.89 Å². The highest BCUT2D eigenvalue weighted by Crippen LogP contribution is 2.48. The van der Waals surface area contributed by atoms with Gasteiger partial charge in [-0.15, -0.1) is 0 Å². The van der Waals surface area contributed by atoms with Crippen LogP contribution in [0.3, 0.4) is 0 Å². The molecule has 0 aliphatic rings. The van der Waals surface area contributed by atoms with Crippen molar-refractivity contribution < 1.29 is 21.1 Å². The fourth-order valence-electron chi connectivity index (χ4n) is 2.73. The number of hydrogen-bond donors (Lipinski definition) is 0. The molecule has 0 saturated heterocycles. The first-order chi connectivity index (χ1) is 12.4. The summed E-state index contributed by atoms with van der Waals surface area (Å²) in [6.07, 6.45) is 0.00667. The molecule has 134 valence electrons. The lowest BCUT2D eigenvalue weighted by Crippen LogP contribution is -2.18. The van der Waals surface area contributed by atoms with Gasteiger partial charge in [-0.3, -0.25) is 0 Å². The number of rotatable bonds is 6. The predicted molar refractivity (Wildman–Crippen MR) is 101 cm³/mol. The average Bonchev–Trinajstić information content (AvgIpc) is 2.63. The molecule has 0 aliphatic carbocycles. The maximum absolute atomic E-state index is 14.0. The van der Waals surface area contributed by atoms with Crippen LogP contribution >= 0.6 is 7.14 Å². The van der Waals surface area contributed by atoms with Crippen LogP contribution in [0.5, 0.6) is 5.75 Å². The Bertz CT molecular complexity index is 994. The molecule has 26 heavy (non-hydrogen) atoms. The van der Waals surface area contributed by atoms with Crippen molar-refractivity contribution in [1.82, 2.24) is 0 Å². The standard InChI is InChI=1S/C19H16FO4PS/c20-26(22,23)24-19-14-8-7-9-16(19)15-25(21,17-10-3-1-4-11-17)18-12-5-2-6-13-18/h1-14H,15H2. The number of hydrogen-bond acceptors (Lipinski definition) is 4. The molecule has 3 aromatic rings. The first-order valence-electron chi connectivity index (χ1n) is 7.81. The van der Waals surface area contributed by atoms with E-state index in [0.29, 0.717) is 16.2 Å². The third-order valence-electron chi connectivity index (χ3n) is 3.90. The van der Waals surface area contributed by atoms with Crippen LogP contribution in [0.25, 0.3) is 0 Å². The van der Waals surface area contributed by atoms with E-state index in [1.807, 2.05) is 12.1 Å². The predicted octanol–water partition coefficient (Wildman–Crippen LogP) is 3.79. The van der Waals surface area contributed by atoms with E-state index in [1.165, 1.54) is 12.1 Å². The zero-order valence-electron chi connectivity index (χ0n) is 13.7. The molecule has 0 heterocycles. The summed E-state index contributed by atoms with van der Waals surface area (Å²) in [6.45, 7) is 0. The van der Waals surface area contributed by atoms with Crippen molar-refractivity contribution in [3.8, 4) is 5.75 Å². The van der Waals surface area contributed by atoms with Crippen LogP contribution in [0, 0.1) is 0 Å². The van der Waals surface area contributed by atoms with Crippen LogP contribution in [-0.4, -0.2) is 8.42 Å². The van der Waals surface area contributed by atoms with Gasteiger partial charge in [0.25, 0.3) is 0 Å². The second-order valence-electron chi connectivity index (χ2n) is 5.65. The second-order valence-corrected chi connectivity index (χ2v) is 9.43. The fraction of sp³-hybridized carbons (Fsp3) is 0.0526. The van der Waals surface area contributed by atoms with Gasteiger partial charge in [0.15, 0.2) is 0 Å². The molecule has 0 radical (unpaired) electrons. The number of benzene rings is 3. The molecule has 0 unspecified atom stereocenters. The van der Waals surface area contributed by atoms with Gasteiger partial charge in [-0.2, -0.15) is 8.42 Å². The topological polar surface area (TPSA) is 60.4 Å². The summed E-state index contributed by atoms with van der Waals surface area (Å²) in [5, 5.41) is 1.26. The van der Waals surface area contributed by atoms with E-state index in [2.05, 4.69) is 4.18 Å². The minimum Gasteiger partial charge on any atom is -0.358 e. The Balaban J connectivity index is 2.11. The molecule has 3 aromatic carbocycles. The Morgan fingerprint density at radius 3 is 1.73 bits per heavy atom. The lowest BCUT2D eigenvalue weighted by atomic mass is 10.2. The smallest absolute Gasteiger partial charge is 0.358 e. The summed E-state index contributed by atoms with van der Waals surface area (Å²) in [6, 6.07) is 24.0. The van der Waals surface area contributed by atoms with Gasteiger partial charge in [-0.05, 0) is 6.07 Å². The van der Waals surface area contributed by atoms with Gasteiger partial charge >= 0.3 is 10.5 Å². The summed E-state index contributed by atoms with van der Waals surface area (Å²) in [5.74, 6) is -0.165. The first-order valence-corrected chi connectivity index (χ1v) is 11.0. The van der Waals surface area contributed by atoms with Gasteiger partial charge in [0.2, 0.25) is 0 Å². The second kappa shape index (κ2) is 7.44. The number of para-hydroxylation sites is 1. The van der Waals surface area contributed by atoms with Gasteiger partial charge in [0.05, 0.1) is 0 Å². The van der Waals surface area contributed by atoms with Crippen LogP contribution < -0.4 is 14.8 Å². The Morgan fingerprint density at radius 2 is 1.23 bits per heavy atom. The molecule has 7 heteroatoms. The molecule has 0 spiro atoms. The maximum Gasteiger partial charge on any atom is 0.488 e. The molecule has 0 bridgehead atoms. The van der Waals surface area contributed by atoms with E-state index in [0.717, 1.165) is 0 Å². The summed E-state index contributed by atoms with van der Waals surface area (Å²) >= 11 is 0. The lowest BCUT2D eigenvalue weighted by molar-refractivity contribution is 0.438. The Hall–Kier alpha value is -2.43. The average molecular weight is 390 g/mol. The van der Waals surface area contributed by atoms with Crippen molar-refractivity contribution in [3.05, 3.63) is 90.5 Å². The number of halogens is 1. The van der Waals surface area contributed by atoms with E-state index in [4.69, 9.17) is 0 Å². The highest BCUT2D eigenvalue weighted by molar-refractivity contribution is 7.81. The van der Waals surface area contributed by atoms with Gasteiger partial charge in [0, 0.05) is 22.3 Å². The van der Waals surface area contributed by atoms with Crippen molar-refractivity contribution in [2.75, 3.05) is 0 Å². The monoisotopic (exact) mass is 390 g/mol. The van der Waals surface area contributed by atoms with Gasteiger partial charge in [0.1, 0.15) is 12.9 Å². The van der Waals surface area contributed by atoms with E-state index >= 15 is 0 Å². The van der Waals surface area contributed by atoms with Crippen molar-refractivity contribution in [2.45, 2.75) is 6.16 Å². The summed E-state index contributed by atoms with van der Waals surface area (Å²) in [5.41, 5.74) is 0.352. The third kappa shape index (κ3) is 4.21. The maximum atomic E-state index is 14.0. The lowest BCUT2D eigenvalue weighted by Gasteiger charge is -2.20. The fourth-order valence-corrected chi connectivity index (χ4v) is 5.82. The molecule has 0 aromatic heterocycles. The Morgan fingerprint density at radius 1 is 0.769 bits per heavy atom. The minimum atomic E-state index is -5.17. The normalized spacial score (nSPS) is 11.9. The largest absolute Gasteiger partial charge is 0.488 e. The zero-order valence-corrected chi connectivity index (χ0v) is 15.4. The van der Waals surface area contributed by atoms with Crippen molar-refractivity contribution in [1.29, 1.82) is 0 Å². The van der Waals surface area contributed by atoms with Crippen LogP contribution in [0.15, 0.2) is 84.9 Å². The molecule has 0 amide bonds. The van der Waals surface area contributed by atoms with Gasteiger partial charge in [-0.1, -0.05) is 82.7 Å². The summed E-state index contributed by atoms with van der Waals surface area (Å²) in [7, 11) is -8.31. The van der Waals surface area contributed by atoms with E-state index < -0.39 is 17.6 Å². The molecule has 4 nitrogen and oxygen atoms in total. The summed E-state index contributed by atoms with van der Waals surface area (Å²) < 4.78 is 53.3. The van der Waals surface area contributed by atoms with E-state index in [-0.39, 0.29) is 11.9 Å². The molecule has 0 N–H and O–H groups in total.